The molecule has 5 nitrogen and oxygen atoms in total. The number of hydrogen-bond donors (Lipinski definition) is 2. The highest BCUT2D eigenvalue weighted by Gasteiger charge is 2.38. The van der Waals surface area contributed by atoms with Gasteiger partial charge in [-0.05, 0) is 47.3 Å². The van der Waals surface area contributed by atoms with Crippen LogP contribution in [0.25, 0.3) is 11.1 Å². The molecule has 1 amide bonds. The summed E-state index contributed by atoms with van der Waals surface area (Å²) >= 11 is 0. The summed E-state index contributed by atoms with van der Waals surface area (Å²) in [6, 6.07) is 16.0. The van der Waals surface area contributed by atoms with Gasteiger partial charge < -0.3 is 19.6 Å². The predicted molar refractivity (Wildman–Crippen MR) is 127 cm³/mol. The molecule has 2 N–H and O–H groups in total. The lowest BCUT2D eigenvalue weighted by Gasteiger charge is -2.37. The summed E-state index contributed by atoms with van der Waals surface area (Å²) in [6.07, 6.45) is -1.28. The van der Waals surface area contributed by atoms with Gasteiger partial charge >= 0.3 is 6.09 Å². The minimum atomic E-state index is -1.99. The summed E-state index contributed by atoms with van der Waals surface area (Å²) in [4.78, 5) is 12.6. The number of ether oxygens (including phenoxy) is 1. The van der Waals surface area contributed by atoms with Gasteiger partial charge in [0.25, 0.3) is 0 Å². The third kappa shape index (κ3) is 5.19. The van der Waals surface area contributed by atoms with Crippen molar-refractivity contribution >= 4 is 14.4 Å². The van der Waals surface area contributed by atoms with Crippen LogP contribution in [0.15, 0.2) is 48.5 Å². The van der Waals surface area contributed by atoms with Crippen LogP contribution in [0.5, 0.6) is 0 Å². The molecule has 0 saturated heterocycles. The molecule has 0 aliphatic heterocycles. The number of hydrogen-bond acceptors (Lipinski definition) is 4. The number of alkyl carbamates (subject to hydrolysis) is 1. The molecular formula is C25H35NO4Si. The molecular weight excluding hydrogens is 406 g/mol. The molecule has 0 saturated carbocycles. The van der Waals surface area contributed by atoms with Crippen LogP contribution in [0.4, 0.5) is 4.79 Å². The molecule has 168 valence electrons. The van der Waals surface area contributed by atoms with Gasteiger partial charge in [-0.25, -0.2) is 4.79 Å². The Morgan fingerprint density at radius 2 is 1.58 bits per heavy atom. The summed E-state index contributed by atoms with van der Waals surface area (Å²) in [7, 11) is -1.99. The van der Waals surface area contributed by atoms with E-state index in [4.69, 9.17) is 9.16 Å². The van der Waals surface area contributed by atoms with E-state index in [9.17, 15) is 9.90 Å². The molecule has 2 atom stereocenters. The van der Waals surface area contributed by atoms with E-state index < -0.39 is 26.6 Å². The van der Waals surface area contributed by atoms with Gasteiger partial charge in [-0.15, -0.1) is 0 Å². The Kier molecular flexibility index (Phi) is 6.94. The molecule has 31 heavy (non-hydrogen) atoms. The second-order valence-electron chi connectivity index (χ2n) is 9.89. The minimum Gasteiger partial charge on any atom is -0.449 e. The lowest BCUT2D eigenvalue weighted by Crippen LogP contribution is -2.50. The maximum Gasteiger partial charge on any atom is 0.407 e. The molecule has 0 heterocycles. The van der Waals surface area contributed by atoms with Crippen molar-refractivity contribution in [1.29, 1.82) is 0 Å². The average molecular weight is 442 g/mol. The van der Waals surface area contributed by atoms with E-state index in [2.05, 4.69) is 63.4 Å². The first-order chi connectivity index (χ1) is 14.5. The molecule has 0 bridgehead atoms. The van der Waals surface area contributed by atoms with E-state index in [1.165, 1.54) is 22.3 Å². The molecule has 0 fully saturated rings. The molecule has 0 radical (unpaired) electrons. The van der Waals surface area contributed by atoms with E-state index in [1.54, 1.807) is 6.92 Å². The van der Waals surface area contributed by atoms with Gasteiger partial charge in [0.2, 0.25) is 0 Å². The van der Waals surface area contributed by atoms with Crippen molar-refractivity contribution in [3.63, 3.8) is 0 Å². The summed E-state index contributed by atoms with van der Waals surface area (Å²) < 4.78 is 11.8. The van der Waals surface area contributed by atoms with Crippen molar-refractivity contribution in [3.8, 4) is 11.1 Å². The summed E-state index contributed by atoms with van der Waals surface area (Å²) in [5.74, 6) is 0.00614. The fourth-order valence-corrected chi connectivity index (χ4v) is 4.64. The average Bonchev–Trinajstić information content (AvgIpc) is 3.02. The lowest BCUT2D eigenvalue weighted by molar-refractivity contribution is 0.0893. The fourth-order valence-electron chi connectivity index (χ4n) is 3.61. The van der Waals surface area contributed by atoms with Crippen LogP contribution >= 0.6 is 0 Å². The zero-order valence-electron chi connectivity index (χ0n) is 19.4. The predicted octanol–water partition coefficient (Wildman–Crippen LogP) is 5.30. The Bertz CT molecular complexity index is 874. The second kappa shape index (κ2) is 9.15. The molecule has 0 aromatic heterocycles. The molecule has 6 heteroatoms. The third-order valence-corrected chi connectivity index (χ3v) is 11.2. The molecule has 1 aliphatic carbocycles. The van der Waals surface area contributed by atoms with Gasteiger partial charge in [0.1, 0.15) is 6.61 Å². The standard InChI is InChI=1S/C25H35NO4Si/c1-17(27)23(16-30-31(5,6)25(2,3)4)26-24(28)29-15-22-20-13-9-7-11-18(20)19-12-8-10-14-21(19)22/h7-14,17,22-23,27H,15-16H2,1-6H3,(H,26,28). The van der Waals surface area contributed by atoms with Crippen molar-refractivity contribution in [3.05, 3.63) is 59.7 Å². The van der Waals surface area contributed by atoms with Gasteiger partial charge in [-0.1, -0.05) is 69.3 Å². The Morgan fingerprint density at radius 3 is 2.06 bits per heavy atom. The summed E-state index contributed by atoms with van der Waals surface area (Å²) in [6.45, 7) is 13.0. The number of carbonyl (C=O) groups excluding carboxylic acids is 1. The maximum absolute atomic E-state index is 12.6. The van der Waals surface area contributed by atoms with Crippen LogP contribution in [0, 0.1) is 0 Å². The van der Waals surface area contributed by atoms with Crippen LogP contribution in [0.3, 0.4) is 0 Å². The normalized spacial score (nSPS) is 15.7. The Morgan fingerprint density at radius 1 is 1.06 bits per heavy atom. The topological polar surface area (TPSA) is 67.8 Å². The van der Waals surface area contributed by atoms with Gasteiger partial charge in [0.15, 0.2) is 8.32 Å². The third-order valence-electron chi connectivity index (χ3n) is 6.66. The molecule has 1 aliphatic rings. The van der Waals surface area contributed by atoms with Crippen molar-refractivity contribution in [1.82, 2.24) is 5.32 Å². The monoisotopic (exact) mass is 441 g/mol. The van der Waals surface area contributed by atoms with Crippen molar-refractivity contribution in [2.45, 2.75) is 63.9 Å². The van der Waals surface area contributed by atoms with Gasteiger partial charge in [-0.2, -0.15) is 0 Å². The zero-order valence-corrected chi connectivity index (χ0v) is 20.4. The highest BCUT2D eigenvalue weighted by atomic mass is 28.4. The zero-order chi connectivity index (χ0) is 22.8. The molecule has 2 unspecified atom stereocenters. The number of amides is 1. The van der Waals surface area contributed by atoms with Crippen molar-refractivity contribution < 1.29 is 19.1 Å². The van der Waals surface area contributed by atoms with Crippen LogP contribution in [-0.4, -0.2) is 44.9 Å². The van der Waals surface area contributed by atoms with Crippen LogP contribution < -0.4 is 5.32 Å². The number of aliphatic hydroxyl groups excluding tert-OH is 1. The first kappa shape index (κ1) is 23.5. The molecule has 3 rings (SSSR count). The van der Waals surface area contributed by atoms with E-state index in [-0.39, 0.29) is 24.2 Å². The lowest BCUT2D eigenvalue weighted by atomic mass is 9.98. The fraction of sp³-hybridized carbons (Fsp3) is 0.480. The highest BCUT2D eigenvalue weighted by molar-refractivity contribution is 6.74. The first-order valence-corrected chi connectivity index (χ1v) is 13.9. The number of carbonyl (C=O) groups is 1. The van der Waals surface area contributed by atoms with Crippen molar-refractivity contribution in [2.75, 3.05) is 13.2 Å². The first-order valence-electron chi connectivity index (χ1n) is 10.9. The van der Waals surface area contributed by atoms with E-state index in [1.807, 2.05) is 24.3 Å². The molecule has 2 aromatic rings. The Hall–Kier alpha value is -2.15. The summed E-state index contributed by atoms with van der Waals surface area (Å²) in [5.41, 5.74) is 4.73. The maximum atomic E-state index is 12.6. The van der Waals surface area contributed by atoms with Gasteiger partial charge in [0.05, 0.1) is 18.8 Å². The SMILES string of the molecule is CC(O)C(CO[Si](C)(C)C(C)(C)C)NC(=O)OCC1c2ccccc2-c2ccccc21. The van der Waals surface area contributed by atoms with Crippen molar-refractivity contribution in [2.24, 2.45) is 0 Å². The van der Waals surface area contributed by atoms with Gasteiger partial charge in [0, 0.05) is 5.92 Å². The largest absolute Gasteiger partial charge is 0.449 e. The van der Waals surface area contributed by atoms with Gasteiger partial charge in [-0.3, -0.25) is 0 Å². The second-order valence-corrected chi connectivity index (χ2v) is 14.7. The Balaban J connectivity index is 1.63. The quantitative estimate of drug-likeness (QED) is 0.573. The summed E-state index contributed by atoms with van der Waals surface area (Å²) in [5, 5.41) is 13.0. The molecule has 2 aromatic carbocycles. The van der Waals surface area contributed by atoms with Crippen LogP contribution in [0.2, 0.25) is 18.1 Å². The highest BCUT2D eigenvalue weighted by Crippen LogP contribution is 2.44. The number of nitrogens with one attached hydrogen (secondary N) is 1. The van der Waals surface area contributed by atoms with E-state index >= 15 is 0 Å². The smallest absolute Gasteiger partial charge is 0.407 e. The van der Waals surface area contributed by atoms with Crippen LogP contribution in [-0.2, 0) is 9.16 Å². The minimum absolute atomic E-state index is 0.00614. The number of benzene rings is 2. The Labute approximate surface area is 186 Å². The van der Waals surface area contributed by atoms with E-state index in [0.29, 0.717) is 0 Å². The van der Waals surface area contributed by atoms with E-state index in [0.717, 1.165) is 0 Å². The molecule has 0 spiro atoms. The number of rotatable bonds is 7. The number of aliphatic hydroxyl groups is 1. The van der Waals surface area contributed by atoms with Crippen LogP contribution in [0.1, 0.15) is 44.7 Å². The number of fused-ring (bicyclic) bond motifs is 3.